The number of aliphatic hydroxyl groups excluding tert-OH is 1. The maximum atomic E-state index is 13.3. The first-order chi connectivity index (χ1) is 17.4. The summed E-state index contributed by atoms with van der Waals surface area (Å²) in [4.78, 5) is 28.0. The van der Waals surface area contributed by atoms with Gasteiger partial charge in [-0.05, 0) is 42.8 Å². The number of carbonyl (C=O) groups excluding carboxylic acids is 2. The number of methoxy groups -OCH3 is 2. The van der Waals surface area contributed by atoms with Gasteiger partial charge in [0.2, 0.25) is 0 Å². The topological polar surface area (TPSA) is 106 Å². The summed E-state index contributed by atoms with van der Waals surface area (Å²) in [5.74, 6) is -0.725. The second kappa shape index (κ2) is 10.4. The summed E-state index contributed by atoms with van der Waals surface area (Å²) in [6, 6.07) is 17.5. The largest absolute Gasteiger partial charge is 0.507 e. The molecule has 4 rings (SSSR count). The lowest BCUT2D eigenvalue weighted by Crippen LogP contribution is -2.29. The van der Waals surface area contributed by atoms with E-state index in [1.165, 1.54) is 25.2 Å². The van der Waals surface area contributed by atoms with Crippen LogP contribution in [-0.4, -0.2) is 47.6 Å². The Labute approximate surface area is 209 Å². The molecule has 0 aliphatic carbocycles. The highest BCUT2D eigenvalue weighted by atomic mass is 16.5. The van der Waals surface area contributed by atoms with Gasteiger partial charge in [0, 0.05) is 11.1 Å². The Balaban J connectivity index is 1.90. The smallest absolute Gasteiger partial charge is 0.295 e. The van der Waals surface area contributed by atoms with Gasteiger partial charge in [-0.15, -0.1) is 0 Å². The predicted octanol–water partition coefficient (Wildman–Crippen LogP) is 4.43. The summed E-state index contributed by atoms with van der Waals surface area (Å²) in [7, 11) is 3.03. The number of para-hydroxylation sites is 1. The molecular weight excluding hydrogens is 462 g/mol. The lowest BCUT2D eigenvalue weighted by molar-refractivity contribution is -0.140. The minimum Gasteiger partial charge on any atom is -0.507 e. The summed E-state index contributed by atoms with van der Waals surface area (Å²) >= 11 is 0. The van der Waals surface area contributed by atoms with Crippen molar-refractivity contribution in [3.05, 3.63) is 89.0 Å². The monoisotopic (exact) mass is 489 g/mol. The molecule has 8 heteroatoms. The summed E-state index contributed by atoms with van der Waals surface area (Å²) < 4.78 is 16.2. The molecule has 0 radical (unpaired) electrons. The molecule has 1 atom stereocenters. The van der Waals surface area contributed by atoms with Crippen LogP contribution in [0.25, 0.3) is 5.76 Å². The molecule has 8 nitrogen and oxygen atoms in total. The fourth-order valence-corrected chi connectivity index (χ4v) is 4.30. The van der Waals surface area contributed by atoms with E-state index in [-0.39, 0.29) is 29.4 Å². The molecule has 3 aromatic rings. The first kappa shape index (κ1) is 24.7. The van der Waals surface area contributed by atoms with Crippen LogP contribution in [-0.2, 0) is 16.1 Å². The molecule has 0 spiro atoms. The SMILES string of the molecule is CCOc1cc(C2/C(=C(/O)c3cccc(OC)c3)C(=O)C(=O)N2Cc2ccccc2OC)ccc1O. The molecule has 36 heavy (non-hydrogen) atoms. The van der Waals surface area contributed by atoms with Crippen LogP contribution in [0.2, 0.25) is 0 Å². The molecule has 0 aromatic heterocycles. The van der Waals surface area contributed by atoms with E-state index in [4.69, 9.17) is 14.2 Å². The highest BCUT2D eigenvalue weighted by molar-refractivity contribution is 6.46. The molecule has 1 unspecified atom stereocenters. The fourth-order valence-electron chi connectivity index (χ4n) is 4.30. The molecule has 1 saturated heterocycles. The second-order valence-electron chi connectivity index (χ2n) is 8.13. The van der Waals surface area contributed by atoms with Gasteiger partial charge in [0.05, 0.1) is 39.0 Å². The second-order valence-corrected chi connectivity index (χ2v) is 8.13. The van der Waals surface area contributed by atoms with E-state index in [2.05, 4.69) is 0 Å². The van der Waals surface area contributed by atoms with Crippen LogP contribution in [0.5, 0.6) is 23.0 Å². The minimum absolute atomic E-state index is 0.0546. The van der Waals surface area contributed by atoms with Crippen molar-refractivity contribution in [1.82, 2.24) is 4.90 Å². The number of carbonyl (C=O) groups is 2. The maximum absolute atomic E-state index is 13.3. The molecule has 1 fully saturated rings. The molecule has 2 N–H and O–H groups in total. The molecule has 1 amide bonds. The third kappa shape index (κ3) is 4.57. The van der Waals surface area contributed by atoms with Gasteiger partial charge in [-0.2, -0.15) is 0 Å². The van der Waals surface area contributed by atoms with Gasteiger partial charge >= 0.3 is 0 Å². The minimum atomic E-state index is -0.944. The number of nitrogens with zero attached hydrogens (tertiary/aromatic N) is 1. The number of ketones is 1. The lowest BCUT2D eigenvalue weighted by atomic mass is 9.94. The van der Waals surface area contributed by atoms with E-state index in [1.54, 1.807) is 55.5 Å². The van der Waals surface area contributed by atoms with E-state index < -0.39 is 17.7 Å². The quantitative estimate of drug-likeness (QED) is 0.274. The molecule has 186 valence electrons. The molecule has 0 bridgehead atoms. The van der Waals surface area contributed by atoms with Crippen LogP contribution in [0.3, 0.4) is 0 Å². The zero-order valence-electron chi connectivity index (χ0n) is 20.2. The molecular formula is C28H27NO7. The van der Waals surface area contributed by atoms with Crippen molar-refractivity contribution in [3.8, 4) is 23.0 Å². The molecule has 1 heterocycles. The number of ether oxygens (including phenoxy) is 3. The number of benzene rings is 3. The Morgan fingerprint density at radius 1 is 0.944 bits per heavy atom. The Hall–Kier alpha value is -4.46. The van der Waals surface area contributed by atoms with Gasteiger partial charge in [0.1, 0.15) is 17.3 Å². The van der Waals surface area contributed by atoms with Crippen LogP contribution >= 0.6 is 0 Å². The molecule has 1 aliphatic rings. The number of Topliss-reactive ketones (excluding diaryl/α,β-unsaturated/α-hetero) is 1. The van der Waals surface area contributed by atoms with Crippen LogP contribution in [0.4, 0.5) is 0 Å². The molecule has 1 aliphatic heterocycles. The average molecular weight is 490 g/mol. The van der Waals surface area contributed by atoms with Crippen LogP contribution in [0.1, 0.15) is 29.7 Å². The lowest BCUT2D eigenvalue weighted by Gasteiger charge is -2.26. The Bertz CT molecular complexity index is 1330. The number of phenolic OH excluding ortho intramolecular Hbond substituents is 1. The normalized spacial score (nSPS) is 16.8. The highest BCUT2D eigenvalue weighted by Crippen LogP contribution is 2.43. The molecule has 0 saturated carbocycles. The standard InChI is InChI=1S/C28H27NO7/c1-4-36-23-15-17(12-13-21(23)30)25-24(26(31)18-9-7-10-20(14-18)34-2)27(32)28(33)29(25)16-19-8-5-6-11-22(19)35-3/h5-15,25,30-31H,4,16H2,1-3H3/b26-24-. The maximum Gasteiger partial charge on any atom is 0.295 e. The van der Waals surface area contributed by atoms with Gasteiger partial charge in [-0.25, -0.2) is 0 Å². The number of rotatable bonds is 8. The number of hydrogen-bond acceptors (Lipinski definition) is 7. The van der Waals surface area contributed by atoms with Crippen molar-refractivity contribution in [2.75, 3.05) is 20.8 Å². The van der Waals surface area contributed by atoms with Crippen molar-refractivity contribution in [3.63, 3.8) is 0 Å². The summed E-state index contributed by atoms with van der Waals surface area (Å²) in [5.41, 5.74) is 1.45. The van der Waals surface area contributed by atoms with Gasteiger partial charge in [0.15, 0.2) is 11.5 Å². The first-order valence-electron chi connectivity index (χ1n) is 11.4. The van der Waals surface area contributed by atoms with E-state index >= 15 is 0 Å². The Morgan fingerprint density at radius 2 is 1.72 bits per heavy atom. The van der Waals surface area contributed by atoms with E-state index in [1.807, 2.05) is 12.1 Å². The zero-order valence-corrected chi connectivity index (χ0v) is 20.2. The van der Waals surface area contributed by atoms with Gasteiger partial charge in [-0.3, -0.25) is 9.59 Å². The highest BCUT2D eigenvalue weighted by Gasteiger charge is 2.46. The van der Waals surface area contributed by atoms with E-state index in [0.29, 0.717) is 34.8 Å². The van der Waals surface area contributed by atoms with Crippen molar-refractivity contribution in [1.29, 1.82) is 0 Å². The number of aliphatic hydroxyl groups is 1. The van der Waals surface area contributed by atoms with Gasteiger partial charge < -0.3 is 29.3 Å². The Morgan fingerprint density at radius 3 is 2.44 bits per heavy atom. The van der Waals surface area contributed by atoms with E-state index in [0.717, 1.165) is 0 Å². The first-order valence-corrected chi connectivity index (χ1v) is 11.4. The van der Waals surface area contributed by atoms with E-state index in [9.17, 15) is 19.8 Å². The fraction of sp³-hybridized carbons (Fsp3) is 0.214. The van der Waals surface area contributed by atoms with Crippen molar-refractivity contribution in [2.24, 2.45) is 0 Å². The molecule has 3 aromatic carbocycles. The zero-order chi connectivity index (χ0) is 25.8. The number of hydrogen-bond donors (Lipinski definition) is 2. The van der Waals surface area contributed by atoms with Crippen molar-refractivity contribution < 1.29 is 34.0 Å². The van der Waals surface area contributed by atoms with Crippen molar-refractivity contribution in [2.45, 2.75) is 19.5 Å². The number of phenols is 1. The number of amides is 1. The third-order valence-corrected chi connectivity index (χ3v) is 6.02. The third-order valence-electron chi connectivity index (χ3n) is 6.02. The summed E-state index contributed by atoms with van der Waals surface area (Å²) in [6.07, 6.45) is 0. The van der Waals surface area contributed by atoms with Crippen LogP contribution in [0, 0.1) is 0 Å². The van der Waals surface area contributed by atoms with Gasteiger partial charge in [-0.1, -0.05) is 36.4 Å². The summed E-state index contributed by atoms with van der Waals surface area (Å²) in [5, 5.41) is 21.5. The summed E-state index contributed by atoms with van der Waals surface area (Å²) in [6.45, 7) is 2.14. The Kier molecular flexibility index (Phi) is 7.15. The van der Waals surface area contributed by atoms with Crippen LogP contribution in [0.15, 0.2) is 72.3 Å². The average Bonchev–Trinajstić information content (AvgIpc) is 3.15. The number of aromatic hydroxyl groups is 1. The number of likely N-dealkylation sites (tertiary alicyclic amines) is 1. The predicted molar refractivity (Wildman–Crippen MR) is 133 cm³/mol. The van der Waals surface area contributed by atoms with Crippen LogP contribution < -0.4 is 14.2 Å². The van der Waals surface area contributed by atoms with Crippen molar-refractivity contribution >= 4 is 17.4 Å². The van der Waals surface area contributed by atoms with Gasteiger partial charge in [0.25, 0.3) is 11.7 Å².